The van der Waals surface area contributed by atoms with E-state index in [9.17, 15) is 13.2 Å². The summed E-state index contributed by atoms with van der Waals surface area (Å²) in [4.78, 5) is 17.5. The van der Waals surface area contributed by atoms with E-state index in [0.29, 0.717) is 23.2 Å². The molecule has 3 aromatic heterocycles. The van der Waals surface area contributed by atoms with Crippen LogP contribution in [-0.4, -0.2) is 36.5 Å². The number of aromatic amines is 1. The van der Waals surface area contributed by atoms with E-state index in [0.717, 1.165) is 28.1 Å². The van der Waals surface area contributed by atoms with Gasteiger partial charge in [-0.25, -0.2) is 15.0 Å². The second-order valence-electron chi connectivity index (χ2n) is 7.74. The van der Waals surface area contributed by atoms with Crippen molar-refractivity contribution >= 4 is 11.6 Å². The maximum Gasteiger partial charge on any atom is 0.573 e. The highest BCUT2D eigenvalue weighted by molar-refractivity contribution is 5.70. The molecule has 3 heterocycles. The molecule has 180 valence electrons. The highest BCUT2D eigenvalue weighted by Crippen LogP contribution is 2.28. The first kappa shape index (κ1) is 23.0. The van der Waals surface area contributed by atoms with Crippen LogP contribution in [0.15, 0.2) is 79.3 Å². The highest BCUT2D eigenvalue weighted by Gasteiger charge is 2.31. The molecule has 0 unspecified atom stereocenters. The molecule has 0 saturated heterocycles. The Bertz CT molecular complexity index is 1490. The smallest absolute Gasteiger partial charge is 0.406 e. The number of H-pyrrole nitrogens is 1. The standard InChI is InChI=1S/C25H18F3N7O/c1-15-4-5-17(13-21(15)32-24-30-12-10-20(31-24)18-3-2-11-29-14-18)23-33-22(34-35-23)16-6-8-19(9-7-16)36-25(26,27)28/h2-14H,1H3,(H,30,31,32)(H,33,34,35). The highest BCUT2D eigenvalue weighted by atomic mass is 19.4. The summed E-state index contributed by atoms with van der Waals surface area (Å²) in [6.07, 6.45) is 0.354. The number of nitrogens with zero attached hydrogens (tertiary/aromatic N) is 5. The van der Waals surface area contributed by atoms with Crippen molar-refractivity contribution in [2.24, 2.45) is 0 Å². The van der Waals surface area contributed by atoms with Crippen molar-refractivity contribution in [3.8, 4) is 39.8 Å². The molecule has 0 radical (unpaired) electrons. The van der Waals surface area contributed by atoms with Gasteiger partial charge >= 0.3 is 6.36 Å². The Morgan fingerprint density at radius 2 is 1.69 bits per heavy atom. The van der Waals surface area contributed by atoms with Gasteiger partial charge in [0.15, 0.2) is 11.6 Å². The van der Waals surface area contributed by atoms with Crippen LogP contribution in [-0.2, 0) is 0 Å². The summed E-state index contributed by atoms with van der Waals surface area (Å²) in [6.45, 7) is 1.95. The lowest BCUT2D eigenvalue weighted by atomic mass is 10.1. The van der Waals surface area contributed by atoms with Gasteiger partial charge in [0.05, 0.1) is 5.69 Å². The molecule has 0 aliphatic heterocycles. The Morgan fingerprint density at radius 3 is 2.44 bits per heavy atom. The Morgan fingerprint density at radius 1 is 0.889 bits per heavy atom. The number of nitrogens with one attached hydrogen (secondary N) is 2. The minimum Gasteiger partial charge on any atom is -0.406 e. The number of aromatic nitrogens is 6. The first-order chi connectivity index (χ1) is 17.3. The summed E-state index contributed by atoms with van der Waals surface area (Å²) in [5.74, 6) is 0.948. The summed E-state index contributed by atoms with van der Waals surface area (Å²) in [7, 11) is 0. The lowest BCUT2D eigenvalue weighted by molar-refractivity contribution is -0.274. The predicted molar refractivity (Wildman–Crippen MR) is 127 cm³/mol. The van der Waals surface area contributed by atoms with Gasteiger partial charge in [-0.1, -0.05) is 12.1 Å². The van der Waals surface area contributed by atoms with E-state index >= 15 is 0 Å². The zero-order valence-electron chi connectivity index (χ0n) is 18.8. The van der Waals surface area contributed by atoms with E-state index in [1.807, 2.05) is 43.3 Å². The first-order valence-electron chi connectivity index (χ1n) is 10.7. The van der Waals surface area contributed by atoms with E-state index < -0.39 is 6.36 Å². The molecule has 0 fully saturated rings. The molecule has 0 atom stereocenters. The third kappa shape index (κ3) is 5.30. The molecule has 0 bridgehead atoms. The molecule has 5 aromatic rings. The SMILES string of the molecule is Cc1ccc(-c2n[nH]c(-c3ccc(OC(F)(F)F)cc3)n2)cc1Nc1nccc(-c2cccnc2)n1. The molecule has 0 amide bonds. The molecular formula is C25H18F3N7O. The zero-order chi connectivity index (χ0) is 25.1. The maximum atomic E-state index is 12.4. The molecule has 0 aliphatic carbocycles. The summed E-state index contributed by atoms with van der Waals surface area (Å²) >= 11 is 0. The number of pyridine rings is 1. The van der Waals surface area contributed by atoms with Crippen LogP contribution in [0, 0.1) is 6.92 Å². The molecule has 0 saturated carbocycles. The van der Waals surface area contributed by atoms with Crippen molar-refractivity contribution in [2.75, 3.05) is 5.32 Å². The van der Waals surface area contributed by atoms with E-state index in [2.05, 4.69) is 40.2 Å². The van der Waals surface area contributed by atoms with Gasteiger partial charge in [-0.2, -0.15) is 5.10 Å². The first-order valence-corrected chi connectivity index (χ1v) is 10.7. The van der Waals surface area contributed by atoms with Crippen molar-refractivity contribution in [1.82, 2.24) is 30.1 Å². The number of benzene rings is 2. The van der Waals surface area contributed by atoms with Crippen molar-refractivity contribution < 1.29 is 17.9 Å². The predicted octanol–water partition coefficient (Wildman–Crippen LogP) is 5.94. The number of aryl methyl sites for hydroxylation is 1. The van der Waals surface area contributed by atoms with E-state index in [4.69, 9.17) is 0 Å². The fourth-order valence-corrected chi connectivity index (χ4v) is 3.44. The van der Waals surface area contributed by atoms with Gasteiger partial charge in [0.2, 0.25) is 5.95 Å². The lowest BCUT2D eigenvalue weighted by Crippen LogP contribution is -2.16. The van der Waals surface area contributed by atoms with Crippen LogP contribution in [0.4, 0.5) is 24.8 Å². The summed E-state index contributed by atoms with van der Waals surface area (Å²) in [5.41, 5.74) is 4.64. The van der Waals surface area contributed by atoms with E-state index in [-0.39, 0.29) is 5.75 Å². The molecule has 2 N–H and O–H groups in total. The molecule has 5 rings (SSSR count). The molecule has 8 nitrogen and oxygen atoms in total. The van der Waals surface area contributed by atoms with Crippen molar-refractivity contribution in [1.29, 1.82) is 0 Å². The van der Waals surface area contributed by atoms with E-state index in [1.54, 1.807) is 18.6 Å². The molecule has 0 aliphatic rings. The molecule has 2 aromatic carbocycles. The van der Waals surface area contributed by atoms with Gasteiger partial charge in [0.1, 0.15) is 5.75 Å². The van der Waals surface area contributed by atoms with Crippen LogP contribution in [0.25, 0.3) is 34.0 Å². The number of anilines is 2. The number of halogens is 3. The van der Waals surface area contributed by atoms with Crippen molar-refractivity contribution in [2.45, 2.75) is 13.3 Å². The fourth-order valence-electron chi connectivity index (χ4n) is 3.44. The van der Waals surface area contributed by atoms with Crippen LogP contribution in [0.1, 0.15) is 5.56 Å². The van der Waals surface area contributed by atoms with Gasteiger partial charge in [-0.15, -0.1) is 13.2 Å². The number of alkyl halides is 3. The topological polar surface area (TPSA) is 102 Å². The third-order valence-corrected chi connectivity index (χ3v) is 5.20. The quantitative estimate of drug-likeness (QED) is 0.304. The fraction of sp³-hybridized carbons (Fsp3) is 0.0800. The van der Waals surface area contributed by atoms with Crippen LogP contribution in [0.2, 0.25) is 0 Å². The summed E-state index contributed by atoms with van der Waals surface area (Å²) in [6, 6.07) is 16.6. The summed E-state index contributed by atoms with van der Waals surface area (Å²) < 4.78 is 41.1. The number of rotatable bonds is 6. The van der Waals surface area contributed by atoms with Crippen molar-refractivity contribution in [3.05, 3.63) is 84.8 Å². The van der Waals surface area contributed by atoms with E-state index in [1.165, 1.54) is 24.3 Å². The monoisotopic (exact) mass is 489 g/mol. The van der Waals surface area contributed by atoms with Crippen LogP contribution in [0.3, 0.4) is 0 Å². The Balaban J connectivity index is 1.36. The Kier molecular flexibility index (Phi) is 6.03. The van der Waals surface area contributed by atoms with Crippen LogP contribution in [0.5, 0.6) is 5.75 Å². The Hall–Kier alpha value is -4.80. The maximum absolute atomic E-state index is 12.4. The summed E-state index contributed by atoms with van der Waals surface area (Å²) in [5, 5.41) is 10.3. The van der Waals surface area contributed by atoms with Gasteiger partial charge in [-0.05, 0) is 61.0 Å². The number of hydrogen-bond donors (Lipinski definition) is 2. The average molecular weight is 489 g/mol. The molecule has 0 spiro atoms. The van der Waals surface area contributed by atoms with Crippen LogP contribution >= 0.6 is 0 Å². The van der Waals surface area contributed by atoms with Crippen LogP contribution < -0.4 is 10.1 Å². The zero-order valence-corrected chi connectivity index (χ0v) is 18.8. The van der Waals surface area contributed by atoms with Gasteiger partial charge in [-0.3, -0.25) is 10.1 Å². The average Bonchev–Trinajstić information content (AvgIpc) is 3.36. The molecular weight excluding hydrogens is 471 g/mol. The minimum absolute atomic E-state index is 0.310. The van der Waals surface area contributed by atoms with Crippen molar-refractivity contribution in [3.63, 3.8) is 0 Å². The normalized spacial score (nSPS) is 11.3. The van der Waals surface area contributed by atoms with Gasteiger partial charge < -0.3 is 10.1 Å². The van der Waals surface area contributed by atoms with Gasteiger partial charge in [0.25, 0.3) is 0 Å². The molecule has 11 heteroatoms. The Labute approximate surface area is 203 Å². The van der Waals surface area contributed by atoms with Gasteiger partial charge in [0, 0.05) is 41.0 Å². The second-order valence-corrected chi connectivity index (χ2v) is 7.74. The largest absolute Gasteiger partial charge is 0.573 e. The molecule has 36 heavy (non-hydrogen) atoms. The minimum atomic E-state index is -4.75. The third-order valence-electron chi connectivity index (χ3n) is 5.20. The number of ether oxygens (including phenoxy) is 1. The lowest BCUT2D eigenvalue weighted by Gasteiger charge is -2.10. The number of hydrogen-bond acceptors (Lipinski definition) is 7. The second kappa shape index (κ2) is 9.45.